The number of amides is 1. The number of benzene rings is 2. The molecule has 176 valence electrons. The molecule has 3 atom stereocenters. The summed E-state index contributed by atoms with van der Waals surface area (Å²) >= 11 is 0. The molecular formula is C26H31NO6. The maximum absolute atomic E-state index is 12.9. The fraction of sp³-hybridized carbons (Fsp3) is 0.385. The van der Waals surface area contributed by atoms with E-state index in [2.05, 4.69) is 5.32 Å². The van der Waals surface area contributed by atoms with Gasteiger partial charge in [-0.05, 0) is 49.1 Å². The zero-order valence-corrected chi connectivity index (χ0v) is 19.0. The van der Waals surface area contributed by atoms with Gasteiger partial charge in [0.25, 0.3) is 5.91 Å². The molecule has 2 aromatic carbocycles. The first-order valence-electron chi connectivity index (χ1n) is 11.2. The normalized spacial score (nSPS) is 19.8. The van der Waals surface area contributed by atoms with Crippen LogP contribution in [0, 0.1) is 5.92 Å². The van der Waals surface area contributed by atoms with Gasteiger partial charge in [-0.2, -0.15) is 0 Å². The Kier molecular flexibility index (Phi) is 9.04. The largest absolute Gasteiger partial charge is 0.465 e. The van der Waals surface area contributed by atoms with Gasteiger partial charge in [0.05, 0.1) is 12.7 Å². The van der Waals surface area contributed by atoms with Crippen molar-refractivity contribution in [1.29, 1.82) is 0 Å². The summed E-state index contributed by atoms with van der Waals surface area (Å²) in [6.45, 7) is 2.73. The Hall–Kier alpha value is -3.16. The van der Waals surface area contributed by atoms with E-state index in [0.29, 0.717) is 31.6 Å². The average Bonchev–Trinajstić information content (AvgIpc) is 2.86. The molecule has 2 N–H and O–H groups in total. The maximum Gasteiger partial charge on any atom is 0.337 e. The monoisotopic (exact) mass is 453 g/mol. The molecule has 0 bridgehead atoms. The highest BCUT2D eigenvalue weighted by Crippen LogP contribution is 2.39. The number of carbonyl (C=O) groups is 2. The lowest BCUT2D eigenvalue weighted by atomic mass is 9.80. The minimum absolute atomic E-state index is 0.0531. The molecule has 0 radical (unpaired) electrons. The summed E-state index contributed by atoms with van der Waals surface area (Å²) in [7, 11) is 1.34. The number of hydrogen-bond acceptors (Lipinski definition) is 6. The van der Waals surface area contributed by atoms with Gasteiger partial charge in [-0.15, -0.1) is 0 Å². The first-order valence-corrected chi connectivity index (χ1v) is 11.2. The highest BCUT2D eigenvalue weighted by molar-refractivity contribution is 5.92. The van der Waals surface area contributed by atoms with Crippen molar-refractivity contribution in [2.24, 2.45) is 5.92 Å². The molecule has 2 aromatic rings. The number of esters is 1. The summed E-state index contributed by atoms with van der Waals surface area (Å²) in [5.41, 5.74) is 2.36. The maximum atomic E-state index is 12.9. The highest BCUT2D eigenvalue weighted by atomic mass is 16.7. The van der Waals surface area contributed by atoms with Gasteiger partial charge >= 0.3 is 5.97 Å². The van der Waals surface area contributed by atoms with Crippen LogP contribution in [0.1, 0.15) is 47.2 Å². The van der Waals surface area contributed by atoms with Crippen LogP contribution in [0.4, 0.5) is 0 Å². The van der Waals surface area contributed by atoms with Gasteiger partial charge in [0.1, 0.15) is 0 Å². The van der Waals surface area contributed by atoms with Crippen molar-refractivity contribution < 1.29 is 28.9 Å². The summed E-state index contributed by atoms with van der Waals surface area (Å²) in [5.74, 6) is -0.820. The van der Waals surface area contributed by atoms with Crippen LogP contribution in [0.15, 0.2) is 66.4 Å². The predicted molar refractivity (Wildman–Crippen MR) is 123 cm³/mol. The smallest absolute Gasteiger partial charge is 0.337 e. The predicted octanol–water partition coefficient (Wildman–Crippen LogP) is 3.54. The topological polar surface area (TPSA) is 94.1 Å². The van der Waals surface area contributed by atoms with Gasteiger partial charge in [0.15, 0.2) is 5.76 Å². The lowest BCUT2D eigenvalue weighted by Gasteiger charge is -2.37. The molecule has 0 saturated carbocycles. The molecule has 1 heterocycles. The summed E-state index contributed by atoms with van der Waals surface area (Å²) in [5, 5.41) is 12.3. The van der Waals surface area contributed by atoms with Crippen LogP contribution >= 0.6 is 0 Å². The summed E-state index contributed by atoms with van der Waals surface area (Å²) < 4.78 is 16.6. The highest BCUT2D eigenvalue weighted by Gasteiger charge is 2.37. The lowest BCUT2D eigenvalue weighted by molar-refractivity contribution is -0.166. The Balaban J connectivity index is 1.88. The molecule has 7 heteroatoms. The number of hydrogen-bond donors (Lipinski definition) is 2. The van der Waals surface area contributed by atoms with E-state index in [1.54, 1.807) is 12.1 Å². The molecule has 33 heavy (non-hydrogen) atoms. The number of ether oxygens (including phenoxy) is 3. The first kappa shape index (κ1) is 24.5. The van der Waals surface area contributed by atoms with Crippen molar-refractivity contribution in [1.82, 2.24) is 5.32 Å². The van der Waals surface area contributed by atoms with E-state index >= 15 is 0 Å². The van der Waals surface area contributed by atoms with Crippen molar-refractivity contribution in [2.75, 3.05) is 20.3 Å². The minimum atomic E-state index is -0.630. The van der Waals surface area contributed by atoms with Crippen molar-refractivity contribution in [3.63, 3.8) is 0 Å². The average molecular weight is 454 g/mol. The van der Waals surface area contributed by atoms with E-state index in [0.717, 1.165) is 11.1 Å². The number of methoxy groups -OCH3 is 1. The second kappa shape index (κ2) is 12.2. The molecule has 3 rings (SSSR count). The molecule has 1 amide bonds. The quantitative estimate of drug-likeness (QED) is 0.535. The summed E-state index contributed by atoms with van der Waals surface area (Å²) in [4.78, 5) is 24.8. The molecule has 1 aliphatic heterocycles. The van der Waals surface area contributed by atoms with Crippen molar-refractivity contribution in [2.45, 2.75) is 38.5 Å². The fourth-order valence-corrected chi connectivity index (χ4v) is 3.97. The Morgan fingerprint density at radius 1 is 1.09 bits per heavy atom. The molecular weight excluding hydrogens is 422 g/mol. The molecule has 7 nitrogen and oxygen atoms in total. The van der Waals surface area contributed by atoms with E-state index < -0.39 is 12.3 Å². The minimum Gasteiger partial charge on any atom is -0.465 e. The molecule has 0 aliphatic carbocycles. The summed E-state index contributed by atoms with van der Waals surface area (Å²) in [6.07, 6.45) is 2.41. The SMILES string of the molecule is CCO[C@H]1OC(C(=O)NCc2ccccc2)=C[C@@H](c2ccc(C(=O)OC)cc2)[C@H]1CCCO. The van der Waals surface area contributed by atoms with Gasteiger partial charge in [-0.1, -0.05) is 42.5 Å². The molecule has 0 aromatic heterocycles. The van der Waals surface area contributed by atoms with Crippen LogP contribution in [0.25, 0.3) is 0 Å². The number of rotatable bonds is 10. The second-order valence-electron chi connectivity index (χ2n) is 7.81. The lowest BCUT2D eigenvalue weighted by Crippen LogP contribution is -2.39. The third-order valence-corrected chi connectivity index (χ3v) is 5.65. The van der Waals surface area contributed by atoms with Gasteiger partial charge < -0.3 is 24.6 Å². The van der Waals surface area contributed by atoms with Gasteiger partial charge in [-0.3, -0.25) is 4.79 Å². The molecule has 0 saturated heterocycles. The fourth-order valence-electron chi connectivity index (χ4n) is 3.97. The second-order valence-corrected chi connectivity index (χ2v) is 7.81. The van der Waals surface area contributed by atoms with Crippen molar-refractivity contribution in [3.8, 4) is 0 Å². The zero-order chi connectivity index (χ0) is 23.6. The number of carbonyl (C=O) groups excluding carboxylic acids is 2. The van der Waals surface area contributed by atoms with Gasteiger partial charge in [-0.25, -0.2) is 4.79 Å². The first-order chi connectivity index (χ1) is 16.1. The van der Waals surface area contributed by atoms with Gasteiger partial charge in [0, 0.05) is 31.6 Å². The van der Waals surface area contributed by atoms with E-state index in [1.807, 2.05) is 55.5 Å². The van der Waals surface area contributed by atoms with Crippen LogP contribution in [0.3, 0.4) is 0 Å². The third kappa shape index (κ3) is 6.43. The number of allylic oxidation sites excluding steroid dienone is 1. The van der Waals surface area contributed by atoms with Gasteiger partial charge in [0.2, 0.25) is 6.29 Å². The van der Waals surface area contributed by atoms with Crippen molar-refractivity contribution >= 4 is 11.9 Å². The molecule has 0 fully saturated rings. The Morgan fingerprint density at radius 3 is 2.45 bits per heavy atom. The van der Waals surface area contributed by atoms with Crippen LogP contribution in [0.5, 0.6) is 0 Å². The van der Waals surface area contributed by atoms with E-state index in [9.17, 15) is 14.7 Å². The number of aliphatic hydroxyl groups is 1. The molecule has 0 spiro atoms. The Labute approximate surface area is 194 Å². The standard InChI is InChI=1S/C26H31NO6/c1-3-32-26-21(10-7-15-28)22(19-11-13-20(14-12-19)25(30)31-2)16-23(33-26)24(29)27-17-18-8-5-4-6-9-18/h4-6,8-9,11-14,16,21-22,26,28H,3,7,10,15,17H2,1-2H3,(H,27,29)/t21-,22+,26+/m1/s1. The molecule has 1 aliphatic rings. The van der Waals surface area contributed by atoms with Crippen LogP contribution in [-0.2, 0) is 25.5 Å². The zero-order valence-electron chi connectivity index (χ0n) is 19.0. The van der Waals surface area contributed by atoms with E-state index in [4.69, 9.17) is 14.2 Å². The van der Waals surface area contributed by atoms with Crippen LogP contribution in [0.2, 0.25) is 0 Å². The summed E-state index contributed by atoms with van der Waals surface area (Å²) in [6, 6.07) is 16.8. The Morgan fingerprint density at radius 2 is 1.82 bits per heavy atom. The van der Waals surface area contributed by atoms with Crippen molar-refractivity contribution in [3.05, 3.63) is 83.1 Å². The van der Waals surface area contributed by atoms with Crippen LogP contribution in [-0.4, -0.2) is 43.6 Å². The third-order valence-electron chi connectivity index (χ3n) is 5.65. The molecule has 0 unspecified atom stereocenters. The number of aliphatic hydroxyl groups excluding tert-OH is 1. The van der Waals surface area contributed by atoms with Crippen LogP contribution < -0.4 is 5.32 Å². The Bertz CT molecular complexity index is 941. The van der Waals surface area contributed by atoms with E-state index in [1.165, 1.54) is 7.11 Å². The van der Waals surface area contributed by atoms with E-state index in [-0.39, 0.29) is 30.1 Å². The number of nitrogens with one attached hydrogen (secondary N) is 1.